The lowest BCUT2D eigenvalue weighted by Gasteiger charge is -2.33. The maximum absolute atomic E-state index is 12.6. The van der Waals surface area contributed by atoms with E-state index in [9.17, 15) is 13.2 Å². The second kappa shape index (κ2) is 6.24. The number of carbonyl (C=O) groups is 1. The lowest BCUT2D eigenvalue weighted by molar-refractivity contribution is 0.0219. The lowest BCUT2D eigenvalue weighted by atomic mass is 10.1. The van der Waals surface area contributed by atoms with Crippen LogP contribution in [-0.2, 0) is 14.6 Å². The molecule has 7 heteroatoms. The molecule has 1 aliphatic heterocycles. The Morgan fingerprint density at radius 3 is 2.68 bits per heavy atom. The number of aromatic nitrogens is 1. The first-order valence-electron chi connectivity index (χ1n) is 7.33. The van der Waals surface area contributed by atoms with Gasteiger partial charge >= 0.3 is 6.09 Å². The van der Waals surface area contributed by atoms with Gasteiger partial charge in [0.2, 0.25) is 0 Å². The van der Waals surface area contributed by atoms with Gasteiger partial charge in [0.1, 0.15) is 5.60 Å². The van der Waals surface area contributed by atoms with Crippen molar-refractivity contribution in [1.82, 2.24) is 9.88 Å². The van der Waals surface area contributed by atoms with Crippen molar-refractivity contribution in [3.63, 3.8) is 0 Å². The van der Waals surface area contributed by atoms with Crippen molar-refractivity contribution in [2.45, 2.75) is 49.5 Å². The van der Waals surface area contributed by atoms with E-state index in [1.54, 1.807) is 32.9 Å². The third-order valence-corrected chi connectivity index (χ3v) is 5.48. The van der Waals surface area contributed by atoms with E-state index in [1.807, 2.05) is 0 Å². The molecule has 1 amide bonds. The molecule has 22 heavy (non-hydrogen) atoms. The van der Waals surface area contributed by atoms with Gasteiger partial charge in [-0.05, 0) is 45.7 Å². The molecular weight excluding hydrogens is 304 g/mol. The molecule has 2 heterocycles. The van der Waals surface area contributed by atoms with Crippen LogP contribution in [-0.4, -0.2) is 48.3 Å². The fourth-order valence-electron chi connectivity index (χ4n) is 2.37. The number of hydrogen-bond acceptors (Lipinski definition) is 5. The number of rotatable bonds is 2. The van der Waals surface area contributed by atoms with Crippen molar-refractivity contribution in [3.8, 4) is 0 Å². The van der Waals surface area contributed by atoms with Gasteiger partial charge in [-0.3, -0.25) is 0 Å². The lowest BCUT2D eigenvalue weighted by Crippen LogP contribution is -2.47. The van der Waals surface area contributed by atoms with Gasteiger partial charge in [-0.1, -0.05) is 6.07 Å². The summed E-state index contributed by atoms with van der Waals surface area (Å²) in [6.07, 6.45) is 2.16. The molecule has 1 aromatic heterocycles. The van der Waals surface area contributed by atoms with Gasteiger partial charge in [-0.25, -0.2) is 18.2 Å². The average Bonchev–Trinajstić information content (AvgIpc) is 2.46. The highest BCUT2D eigenvalue weighted by Gasteiger charge is 2.35. The number of amides is 1. The van der Waals surface area contributed by atoms with Crippen LogP contribution >= 0.6 is 0 Å². The van der Waals surface area contributed by atoms with Gasteiger partial charge in [0.15, 0.2) is 14.9 Å². The van der Waals surface area contributed by atoms with Crippen LogP contribution in [0, 0.1) is 0 Å². The Kier molecular flexibility index (Phi) is 4.75. The monoisotopic (exact) mass is 326 g/mol. The maximum atomic E-state index is 12.6. The highest BCUT2D eigenvalue weighted by Crippen LogP contribution is 2.23. The van der Waals surface area contributed by atoms with E-state index < -0.39 is 26.8 Å². The van der Waals surface area contributed by atoms with Crippen LogP contribution in [0.25, 0.3) is 0 Å². The van der Waals surface area contributed by atoms with E-state index in [0.717, 1.165) is 0 Å². The number of ether oxygens (including phenoxy) is 1. The summed E-state index contributed by atoms with van der Waals surface area (Å²) in [6.45, 7) is 6.03. The zero-order valence-electron chi connectivity index (χ0n) is 13.2. The largest absolute Gasteiger partial charge is 0.444 e. The number of likely N-dealkylation sites (tertiary alicyclic amines) is 1. The molecule has 0 aromatic carbocycles. The highest BCUT2D eigenvalue weighted by atomic mass is 32.2. The molecule has 1 saturated heterocycles. The van der Waals surface area contributed by atoms with E-state index in [0.29, 0.717) is 19.4 Å². The number of piperidine rings is 1. The molecule has 0 saturated carbocycles. The molecule has 1 aliphatic rings. The zero-order chi connectivity index (χ0) is 16.4. The van der Waals surface area contributed by atoms with Gasteiger partial charge < -0.3 is 9.64 Å². The second-order valence-electron chi connectivity index (χ2n) is 6.40. The van der Waals surface area contributed by atoms with Crippen LogP contribution in [0.3, 0.4) is 0 Å². The normalized spacial score (nSPS) is 19.8. The zero-order valence-corrected chi connectivity index (χ0v) is 14.0. The summed E-state index contributed by atoms with van der Waals surface area (Å²) in [4.78, 5) is 17.5. The number of pyridine rings is 1. The van der Waals surface area contributed by atoms with Gasteiger partial charge in [0.25, 0.3) is 0 Å². The van der Waals surface area contributed by atoms with Crippen LogP contribution in [0.5, 0.6) is 0 Å². The smallest absolute Gasteiger partial charge is 0.410 e. The molecule has 1 aromatic rings. The Bertz CT molecular complexity index is 623. The molecule has 0 unspecified atom stereocenters. The number of sulfone groups is 1. The van der Waals surface area contributed by atoms with Crippen LogP contribution in [0.2, 0.25) is 0 Å². The van der Waals surface area contributed by atoms with E-state index in [1.165, 1.54) is 17.2 Å². The standard InChI is InChI=1S/C15H22N2O4S/c1-15(2,3)21-14(18)17-10-6-7-12(11-17)22(19,20)13-8-4-5-9-16-13/h4-5,8-9,12H,6-7,10-11H2,1-3H3/t12-/m0/s1. The van der Waals surface area contributed by atoms with Gasteiger partial charge in [-0.2, -0.15) is 0 Å². The summed E-state index contributed by atoms with van der Waals surface area (Å²) >= 11 is 0. The van der Waals surface area contributed by atoms with Gasteiger partial charge in [0.05, 0.1) is 5.25 Å². The molecule has 1 fully saturated rings. The third kappa shape index (κ3) is 3.97. The number of carbonyl (C=O) groups excluding carboxylic acids is 1. The Balaban J connectivity index is 2.12. The minimum atomic E-state index is -3.53. The van der Waals surface area contributed by atoms with Crippen LogP contribution in [0.4, 0.5) is 4.79 Å². The topological polar surface area (TPSA) is 76.6 Å². The minimum absolute atomic E-state index is 0.0611. The first kappa shape index (κ1) is 16.7. The van der Waals surface area contributed by atoms with Crippen LogP contribution in [0.15, 0.2) is 29.4 Å². The second-order valence-corrected chi connectivity index (χ2v) is 8.58. The predicted molar refractivity (Wildman–Crippen MR) is 82.3 cm³/mol. The summed E-state index contributed by atoms with van der Waals surface area (Å²) < 4.78 is 30.5. The maximum Gasteiger partial charge on any atom is 0.410 e. The molecule has 1 atom stereocenters. The Morgan fingerprint density at radius 1 is 1.36 bits per heavy atom. The average molecular weight is 326 g/mol. The van der Waals surface area contributed by atoms with Gasteiger partial charge in [-0.15, -0.1) is 0 Å². The molecule has 0 bridgehead atoms. The van der Waals surface area contributed by atoms with Crippen LogP contribution < -0.4 is 0 Å². The van der Waals surface area contributed by atoms with E-state index >= 15 is 0 Å². The molecule has 0 radical (unpaired) electrons. The summed E-state index contributed by atoms with van der Waals surface area (Å²) in [7, 11) is -3.53. The molecule has 0 aliphatic carbocycles. The van der Waals surface area contributed by atoms with E-state index in [-0.39, 0.29) is 11.6 Å². The Hall–Kier alpha value is -1.63. The molecule has 122 valence electrons. The fraction of sp³-hybridized carbons (Fsp3) is 0.600. The number of nitrogens with zero attached hydrogens (tertiary/aromatic N) is 2. The van der Waals surface area contributed by atoms with Crippen molar-refractivity contribution in [1.29, 1.82) is 0 Å². The Labute approximate surface area is 131 Å². The summed E-state index contributed by atoms with van der Waals surface area (Å²) in [6, 6.07) is 4.81. The first-order chi connectivity index (χ1) is 10.2. The van der Waals surface area contributed by atoms with Crippen molar-refractivity contribution >= 4 is 15.9 Å². The van der Waals surface area contributed by atoms with Crippen molar-refractivity contribution < 1.29 is 17.9 Å². The van der Waals surface area contributed by atoms with Crippen LogP contribution in [0.1, 0.15) is 33.6 Å². The van der Waals surface area contributed by atoms with E-state index in [4.69, 9.17) is 4.74 Å². The third-order valence-electron chi connectivity index (χ3n) is 3.40. The molecule has 0 N–H and O–H groups in total. The minimum Gasteiger partial charge on any atom is -0.444 e. The number of hydrogen-bond donors (Lipinski definition) is 0. The molecular formula is C15H22N2O4S. The van der Waals surface area contributed by atoms with Gasteiger partial charge in [0, 0.05) is 19.3 Å². The SMILES string of the molecule is CC(C)(C)OC(=O)N1CCC[C@H](S(=O)(=O)c2ccccn2)C1. The Morgan fingerprint density at radius 2 is 2.09 bits per heavy atom. The molecule has 2 rings (SSSR count). The molecule has 6 nitrogen and oxygen atoms in total. The summed E-state index contributed by atoms with van der Waals surface area (Å²) in [5.74, 6) is 0. The van der Waals surface area contributed by atoms with E-state index in [2.05, 4.69) is 4.98 Å². The summed E-state index contributed by atoms with van der Waals surface area (Å²) in [5, 5.41) is -0.574. The molecule has 0 spiro atoms. The summed E-state index contributed by atoms with van der Waals surface area (Å²) in [5.41, 5.74) is -0.593. The van der Waals surface area contributed by atoms with Crippen molar-refractivity contribution in [2.75, 3.05) is 13.1 Å². The van der Waals surface area contributed by atoms with Crippen molar-refractivity contribution in [2.24, 2.45) is 0 Å². The highest BCUT2D eigenvalue weighted by molar-refractivity contribution is 7.92. The first-order valence-corrected chi connectivity index (χ1v) is 8.87. The fourth-order valence-corrected chi connectivity index (χ4v) is 4.04. The quantitative estimate of drug-likeness (QED) is 0.833. The predicted octanol–water partition coefficient (Wildman–Crippen LogP) is 2.25. The van der Waals surface area contributed by atoms with Crippen molar-refractivity contribution in [3.05, 3.63) is 24.4 Å².